The quantitative estimate of drug-likeness (QED) is 0.945. The van der Waals surface area contributed by atoms with Gasteiger partial charge in [0, 0.05) is 30.5 Å². The van der Waals surface area contributed by atoms with Crippen LogP contribution in [0.2, 0.25) is 0 Å². The summed E-state index contributed by atoms with van der Waals surface area (Å²) < 4.78 is 5.22. The number of rotatable bonds is 3. The Balaban J connectivity index is 1.90. The van der Waals surface area contributed by atoms with Gasteiger partial charge in [-0.1, -0.05) is 0 Å². The van der Waals surface area contributed by atoms with E-state index in [0.717, 1.165) is 28.8 Å². The standard InChI is InChI=1S/C18H22N2O3/c1-11-16(18(22)20-7-6-14(10-20)12(2)21)8-13-4-5-15(23-3)9-17(13)19-11/h4-5,8-9,12,14,21H,6-7,10H2,1-3H3. The predicted octanol–water partition coefficient (Wildman–Crippen LogP) is 2.39. The maximum absolute atomic E-state index is 12.8. The zero-order valence-corrected chi connectivity index (χ0v) is 13.7. The van der Waals surface area contributed by atoms with E-state index in [1.54, 1.807) is 14.0 Å². The van der Waals surface area contributed by atoms with Crippen LogP contribution in [0.15, 0.2) is 24.3 Å². The molecule has 0 aliphatic carbocycles. The van der Waals surface area contributed by atoms with Gasteiger partial charge in [-0.25, -0.2) is 0 Å². The van der Waals surface area contributed by atoms with E-state index in [-0.39, 0.29) is 17.9 Å². The molecule has 1 N–H and O–H groups in total. The molecule has 122 valence electrons. The third-order valence-corrected chi connectivity index (χ3v) is 4.64. The molecule has 1 aliphatic rings. The van der Waals surface area contributed by atoms with Crippen molar-refractivity contribution >= 4 is 16.8 Å². The Morgan fingerprint density at radius 1 is 1.43 bits per heavy atom. The van der Waals surface area contributed by atoms with E-state index < -0.39 is 0 Å². The third kappa shape index (κ3) is 3.01. The van der Waals surface area contributed by atoms with E-state index in [1.807, 2.05) is 36.1 Å². The number of fused-ring (bicyclic) bond motifs is 1. The van der Waals surface area contributed by atoms with Crippen molar-refractivity contribution in [2.75, 3.05) is 20.2 Å². The lowest BCUT2D eigenvalue weighted by atomic mass is 10.0. The van der Waals surface area contributed by atoms with Gasteiger partial charge < -0.3 is 14.7 Å². The highest BCUT2D eigenvalue weighted by Gasteiger charge is 2.30. The molecule has 23 heavy (non-hydrogen) atoms. The number of ether oxygens (including phenoxy) is 1. The maximum atomic E-state index is 12.8. The molecular formula is C18H22N2O3. The van der Waals surface area contributed by atoms with Gasteiger partial charge in [-0.3, -0.25) is 9.78 Å². The van der Waals surface area contributed by atoms with Crippen LogP contribution in [0, 0.1) is 12.8 Å². The summed E-state index contributed by atoms with van der Waals surface area (Å²) in [6.07, 6.45) is 0.469. The van der Waals surface area contributed by atoms with Crippen molar-refractivity contribution in [2.24, 2.45) is 5.92 Å². The number of carbonyl (C=O) groups excluding carboxylic acids is 1. The van der Waals surface area contributed by atoms with Crippen molar-refractivity contribution in [2.45, 2.75) is 26.4 Å². The van der Waals surface area contributed by atoms with Crippen LogP contribution in [0.4, 0.5) is 0 Å². The fraction of sp³-hybridized carbons (Fsp3) is 0.444. The summed E-state index contributed by atoms with van der Waals surface area (Å²) in [5.74, 6) is 0.913. The molecule has 1 saturated heterocycles. The van der Waals surface area contributed by atoms with Gasteiger partial charge >= 0.3 is 0 Å². The molecule has 3 rings (SSSR count). The van der Waals surface area contributed by atoms with Crippen LogP contribution in [0.3, 0.4) is 0 Å². The fourth-order valence-electron chi connectivity index (χ4n) is 3.12. The SMILES string of the molecule is COc1ccc2cc(C(=O)N3CCC(C(C)O)C3)c(C)nc2c1. The number of aliphatic hydroxyl groups is 1. The number of methoxy groups -OCH3 is 1. The van der Waals surface area contributed by atoms with Crippen LogP contribution in [-0.2, 0) is 0 Å². The highest BCUT2D eigenvalue weighted by Crippen LogP contribution is 2.25. The van der Waals surface area contributed by atoms with Gasteiger partial charge in [0.05, 0.1) is 30.0 Å². The molecule has 2 aromatic rings. The number of aromatic nitrogens is 1. The highest BCUT2D eigenvalue weighted by atomic mass is 16.5. The number of carbonyl (C=O) groups is 1. The number of pyridine rings is 1. The van der Waals surface area contributed by atoms with Crippen LogP contribution in [0.1, 0.15) is 29.4 Å². The number of benzene rings is 1. The Labute approximate surface area is 135 Å². The lowest BCUT2D eigenvalue weighted by molar-refractivity contribution is 0.0761. The van der Waals surface area contributed by atoms with Crippen LogP contribution < -0.4 is 4.74 Å². The molecule has 1 aromatic heterocycles. The van der Waals surface area contributed by atoms with E-state index in [1.165, 1.54) is 0 Å². The lowest BCUT2D eigenvalue weighted by Gasteiger charge is -2.19. The first kappa shape index (κ1) is 15.7. The van der Waals surface area contributed by atoms with Crippen LogP contribution in [0.25, 0.3) is 10.9 Å². The van der Waals surface area contributed by atoms with Crippen LogP contribution in [0.5, 0.6) is 5.75 Å². The number of amides is 1. The first-order valence-corrected chi connectivity index (χ1v) is 7.92. The number of likely N-dealkylation sites (tertiary alicyclic amines) is 1. The van der Waals surface area contributed by atoms with Crippen molar-refractivity contribution in [3.8, 4) is 5.75 Å². The van der Waals surface area contributed by atoms with Crippen molar-refractivity contribution in [1.29, 1.82) is 0 Å². The molecule has 0 radical (unpaired) electrons. The molecule has 0 bridgehead atoms. The van der Waals surface area contributed by atoms with Crippen LogP contribution in [-0.4, -0.2) is 47.2 Å². The Morgan fingerprint density at radius 2 is 2.22 bits per heavy atom. The Kier molecular flexibility index (Phi) is 4.22. The first-order valence-electron chi connectivity index (χ1n) is 7.92. The van der Waals surface area contributed by atoms with E-state index in [2.05, 4.69) is 4.98 Å². The zero-order valence-electron chi connectivity index (χ0n) is 13.7. The summed E-state index contributed by atoms with van der Waals surface area (Å²) in [4.78, 5) is 19.2. The zero-order chi connectivity index (χ0) is 16.6. The second-order valence-corrected chi connectivity index (χ2v) is 6.22. The minimum Gasteiger partial charge on any atom is -0.497 e. The Bertz CT molecular complexity index is 742. The second kappa shape index (κ2) is 6.16. The van der Waals surface area contributed by atoms with Crippen molar-refractivity contribution in [3.63, 3.8) is 0 Å². The van der Waals surface area contributed by atoms with E-state index >= 15 is 0 Å². The van der Waals surface area contributed by atoms with Gasteiger partial charge in [-0.2, -0.15) is 0 Å². The number of aliphatic hydroxyl groups excluding tert-OH is 1. The van der Waals surface area contributed by atoms with Crippen LogP contribution >= 0.6 is 0 Å². The van der Waals surface area contributed by atoms with E-state index in [9.17, 15) is 9.90 Å². The van der Waals surface area contributed by atoms with E-state index in [4.69, 9.17) is 4.74 Å². The largest absolute Gasteiger partial charge is 0.497 e. The molecule has 2 unspecified atom stereocenters. The average Bonchev–Trinajstić information content (AvgIpc) is 3.03. The molecule has 1 aliphatic heterocycles. The number of hydrogen-bond donors (Lipinski definition) is 1. The minimum absolute atomic E-state index is 0.00383. The van der Waals surface area contributed by atoms with Gasteiger partial charge in [0.25, 0.3) is 5.91 Å². The molecular weight excluding hydrogens is 292 g/mol. The molecule has 5 nitrogen and oxygen atoms in total. The van der Waals surface area contributed by atoms with Crippen molar-refractivity contribution in [1.82, 2.24) is 9.88 Å². The predicted molar refractivity (Wildman–Crippen MR) is 88.7 cm³/mol. The summed E-state index contributed by atoms with van der Waals surface area (Å²) in [5, 5.41) is 10.6. The molecule has 0 saturated carbocycles. The molecule has 1 fully saturated rings. The molecule has 1 aromatic carbocycles. The number of hydrogen-bond acceptors (Lipinski definition) is 4. The van der Waals surface area contributed by atoms with E-state index in [0.29, 0.717) is 18.7 Å². The maximum Gasteiger partial charge on any atom is 0.255 e. The summed E-state index contributed by atoms with van der Waals surface area (Å²) in [6.45, 7) is 4.94. The average molecular weight is 314 g/mol. The fourth-order valence-corrected chi connectivity index (χ4v) is 3.12. The molecule has 1 amide bonds. The number of aryl methyl sites for hydroxylation is 1. The van der Waals surface area contributed by atoms with Crippen molar-refractivity contribution in [3.05, 3.63) is 35.5 Å². The Hall–Kier alpha value is -2.14. The minimum atomic E-state index is -0.379. The lowest BCUT2D eigenvalue weighted by Crippen LogP contribution is -2.31. The third-order valence-electron chi connectivity index (χ3n) is 4.64. The summed E-state index contributed by atoms with van der Waals surface area (Å²) in [6, 6.07) is 7.55. The molecule has 0 spiro atoms. The Morgan fingerprint density at radius 3 is 2.87 bits per heavy atom. The summed E-state index contributed by atoms with van der Waals surface area (Å²) in [5.41, 5.74) is 2.17. The van der Waals surface area contributed by atoms with Gasteiger partial charge in [0.2, 0.25) is 0 Å². The summed E-state index contributed by atoms with van der Waals surface area (Å²) in [7, 11) is 1.62. The molecule has 2 atom stereocenters. The molecule has 2 heterocycles. The smallest absolute Gasteiger partial charge is 0.255 e. The van der Waals surface area contributed by atoms with Gasteiger partial charge in [-0.15, -0.1) is 0 Å². The normalized spacial score (nSPS) is 19.1. The number of nitrogens with zero attached hydrogens (tertiary/aromatic N) is 2. The van der Waals surface area contributed by atoms with Crippen molar-refractivity contribution < 1.29 is 14.6 Å². The second-order valence-electron chi connectivity index (χ2n) is 6.22. The monoisotopic (exact) mass is 314 g/mol. The topological polar surface area (TPSA) is 62.7 Å². The summed E-state index contributed by atoms with van der Waals surface area (Å²) >= 11 is 0. The first-order chi connectivity index (χ1) is 11.0. The van der Waals surface area contributed by atoms with Gasteiger partial charge in [-0.05, 0) is 38.5 Å². The van der Waals surface area contributed by atoms with Gasteiger partial charge in [0.15, 0.2) is 0 Å². The highest BCUT2D eigenvalue weighted by molar-refractivity contribution is 5.99. The molecule has 5 heteroatoms. The van der Waals surface area contributed by atoms with Gasteiger partial charge in [0.1, 0.15) is 5.75 Å².